The van der Waals surface area contributed by atoms with E-state index in [-0.39, 0.29) is 0 Å². The van der Waals surface area contributed by atoms with Crippen molar-refractivity contribution in [3.8, 4) is 5.75 Å². The summed E-state index contributed by atoms with van der Waals surface area (Å²) >= 11 is 0. The van der Waals surface area contributed by atoms with Crippen molar-refractivity contribution < 1.29 is 24.1 Å². The van der Waals surface area contributed by atoms with Gasteiger partial charge in [0.05, 0.1) is 13.2 Å². The van der Waals surface area contributed by atoms with Crippen LogP contribution >= 0.6 is 0 Å². The summed E-state index contributed by atoms with van der Waals surface area (Å²) in [6, 6.07) is 28.5. The number of nitrogens with one attached hydrogen (secondary N) is 1. The number of benzene rings is 3. The van der Waals surface area contributed by atoms with Gasteiger partial charge >= 0.3 is 5.69 Å². The molecule has 9 nitrogen and oxygen atoms in total. The van der Waals surface area contributed by atoms with Crippen LogP contribution in [0.1, 0.15) is 29.3 Å². The lowest BCUT2D eigenvalue weighted by atomic mass is 9.79. The first-order valence-corrected chi connectivity index (χ1v) is 13.6. The zero-order chi connectivity index (χ0) is 29.7. The number of rotatable bonds is 11. The number of hydrogen-bond acceptors (Lipinski definition) is 7. The number of H-pyrrole nitrogens is 1. The van der Waals surface area contributed by atoms with Crippen molar-refractivity contribution >= 4 is 0 Å². The molecule has 4 aromatic rings. The molecule has 1 aliphatic rings. The topological polar surface area (TPSA) is 112 Å². The molecule has 0 aliphatic carbocycles. The van der Waals surface area contributed by atoms with Crippen molar-refractivity contribution in [2.45, 2.75) is 42.7 Å². The summed E-state index contributed by atoms with van der Waals surface area (Å²) in [6.07, 6.45) is -1.45. The van der Waals surface area contributed by atoms with Gasteiger partial charge in [-0.1, -0.05) is 78.9 Å². The first-order valence-electron chi connectivity index (χ1n) is 13.6. The van der Waals surface area contributed by atoms with E-state index in [2.05, 4.69) is 11.6 Å². The van der Waals surface area contributed by atoms with Crippen molar-refractivity contribution in [2.75, 3.05) is 14.2 Å². The van der Waals surface area contributed by atoms with E-state index < -0.39 is 47.5 Å². The molecular weight excluding hydrogens is 536 g/mol. The van der Waals surface area contributed by atoms with Gasteiger partial charge in [0.25, 0.3) is 5.56 Å². The van der Waals surface area contributed by atoms with Crippen LogP contribution in [-0.4, -0.2) is 53.3 Å². The highest BCUT2D eigenvalue weighted by Gasteiger charge is 2.51. The maximum atomic E-state index is 12.7. The van der Waals surface area contributed by atoms with E-state index >= 15 is 0 Å². The second-order valence-corrected chi connectivity index (χ2v) is 10.0. The predicted molar refractivity (Wildman–Crippen MR) is 157 cm³/mol. The minimum Gasteiger partial charge on any atom is -0.497 e. The van der Waals surface area contributed by atoms with Gasteiger partial charge in [-0.3, -0.25) is 14.3 Å². The molecule has 0 spiro atoms. The first kappa shape index (κ1) is 29.2. The zero-order valence-corrected chi connectivity index (χ0v) is 23.5. The fraction of sp³-hybridized carbons (Fsp3) is 0.273. The average Bonchev–Trinajstić information content (AvgIpc) is 3.35. The van der Waals surface area contributed by atoms with Crippen LogP contribution in [0.5, 0.6) is 5.75 Å². The predicted octanol–water partition coefficient (Wildman–Crippen LogP) is 3.77. The molecule has 42 heavy (non-hydrogen) atoms. The maximum Gasteiger partial charge on any atom is 0.330 e. The Kier molecular flexibility index (Phi) is 8.84. The molecule has 5 rings (SSSR count). The molecule has 0 unspecified atom stereocenters. The maximum absolute atomic E-state index is 12.7. The third kappa shape index (κ3) is 5.47. The number of nitrogens with zero attached hydrogens (tertiary/aromatic N) is 1. The van der Waals surface area contributed by atoms with Crippen LogP contribution in [0.25, 0.3) is 0 Å². The van der Waals surface area contributed by atoms with Crippen LogP contribution in [0.3, 0.4) is 0 Å². The molecule has 1 aromatic heterocycles. The molecule has 0 amide bonds. The first-order chi connectivity index (χ1) is 20.4. The Bertz CT molecular complexity index is 1550. The van der Waals surface area contributed by atoms with E-state index in [0.29, 0.717) is 12.2 Å². The van der Waals surface area contributed by atoms with Crippen LogP contribution in [0.15, 0.2) is 119 Å². The number of ether oxygens (including phenoxy) is 4. The van der Waals surface area contributed by atoms with Crippen molar-refractivity contribution in [1.82, 2.24) is 9.55 Å². The van der Waals surface area contributed by atoms with Crippen LogP contribution in [0.4, 0.5) is 0 Å². The molecule has 0 bridgehead atoms. The van der Waals surface area contributed by atoms with Crippen LogP contribution in [0.2, 0.25) is 0 Å². The zero-order valence-electron chi connectivity index (χ0n) is 23.5. The van der Waals surface area contributed by atoms with Gasteiger partial charge < -0.3 is 24.1 Å². The number of aromatic amines is 1. The van der Waals surface area contributed by atoms with Crippen molar-refractivity contribution in [3.05, 3.63) is 147 Å². The van der Waals surface area contributed by atoms with E-state index in [1.807, 2.05) is 84.9 Å². The second-order valence-electron chi connectivity index (χ2n) is 10.0. The van der Waals surface area contributed by atoms with Gasteiger partial charge in [-0.05, 0) is 35.2 Å². The van der Waals surface area contributed by atoms with Gasteiger partial charge in [0.2, 0.25) is 0 Å². The monoisotopic (exact) mass is 570 g/mol. The number of aromatic nitrogens is 2. The molecule has 1 saturated heterocycles. The fourth-order valence-corrected chi connectivity index (χ4v) is 5.61. The van der Waals surface area contributed by atoms with Crippen LogP contribution in [0, 0.1) is 0 Å². The molecule has 0 radical (unpaired) electrons. The van der Waals surface area contributed by atoms with E-state index in [0.717, 1.165) is 16.7 Å². The Labute approximate surface area is 243 Å². The SMILES string of the molecule is C=CC[C@H](OC(c1ccccc1)(c1ccccc1)c1ccc(OC)cc1)[C@H]1O[C@@H](n2ccc(=O)[nH]c2=O)[C@@H](OC)[C@H]1O. The molecule has 9 heteroatoms. The largest absolute Gasteiger partial charge is 0.497 e. The Morgan fingerprint density at radius 2 is 1.55 bits per heavy atom. The lowest BCUT2D eigenvalue weighted by Crippen LogP contribution is -2.46. The van der Waals surface area contributed by atoms with E-state index in [9.17, 15) is 14.7 Å². The Balaban J connectivity index is 1.65. The summed E-state index contributed by atoms with van der Waals surface area (Å²) in [4.78, 5) is 26.6. The highest BCUT2D eigenvalue weighted by molar-refractivity contribution is 5.48. The molecule has 2 N–H and O–H groups in total. The van der Waals surface area contributed by atoms with Crippen molar-refractivity contribution in [3.63, 3.8) is 0 Å². The van der Waals surface area contributed by atoms with Crippen molar-refractivity contribution in [2.24, 2.45) is 0 Å². The number of aliphatic hydroxyl groups excluding tert-OH is 1. The summed E-state index contributed by atoms with van der Waals surface area (Å²) in [5, 5.41) is 11.5. The highest BCUT2D eigenvalue weighted by atomic mass is 16.6. The molecule has 0 saturated carbocycles. The number of aliphatic hydroxyl groups is 1. The lowest BCUT2D eigenvalue weighted by Gasteiger charge is -2.40. The van der Waals surface area contributed by atoms with E-state index in [1.165, 1.54) is 23.9 Å². The fourth-order valence-electron chi connectivity index (χ4n) is 5.61. The highest BCUT2D eigenvalue weighted by Crippen LogP contribution is 2.44. The summed E-state index contributed by atoms with van der Waals surface area (Å²) in [6.45, 7) is 3.95. The van der Waals surface area contributed by atoms with Gasteiger partial charge in [-0.25, -0.2) is 4.79 Å². The number of methoxy groups -OCH3 is 2. The molecule has 3 aromatic carbocycles. The molecule has 1 fully saturated rings. The van der Waals surface area contributed by atoms with Gasteiger partial charge in [0.15, 0.2) is 6.23 Å². The summed E-state index contributed by atoms with van der Waals surface area (Å²) in [5.74, 6) is 0.697. The second kappa shape index (κ2) is 12.7. The van der Waals surface area contributed by atoms with Gasteiger partial charge in [0.1, 0.15) is 29.7 Å². The Morgan fingerprint density at radius 1 is 0.952 bits per heavy atom. The quantitative estimate of drug-likeness (QED) is 0.209. The smallest absolute Gasteiger partial charge is 0.330 e. The summed E-state index contributed by atoms with van der Waals surface area (Å²) in [7, 11) is 3.05. The third-order valence-corrected chi connectivity index (χ3v) is 7.60. The minimum atomic E-state index is -1.18. The van der Waals surface area contributed by atoms with Gasteiger partial charge in [-0.15, -0.1) is 6.58 Å². The minimum absolute atomic E-state index is 0.309. The summed E-state index contributed by atoms with van der Waals surface area (Å²) in [5.41, 5.74) is 0.201. The molecule has 5 atom stereocenters. The van der Waals surface area contributed by atoms with E-state index in [4.69, 9.17) is 18.9 Å². The van der Waals surface area contributed by atoms with Crippen molar-refractivity contribution in [1.29, 1.82) is 0 Å². The molecule has 1 aliphatic heterocycles. The Hall–Kier alpha value is -4.28. The van der Waals surface area contributed by atoms with Crippen LogP contribution < -0.4 is 16.0 Å². The Morgan fingerprint density at radius 3 is 2.07 bits per heavy atom. The third-order valence-electron chi connectivity index (χ3n) is 7.60. The standard InChI is InChI=1S/C33H34N2O7/c1-4-11-26(29-28(37)30(40-3)31(41-29)35-21-20-27(36)34-32(35)38)42-33(22-12-7-5-8-13-22,23-14-9-6-10-15-23)24-16-18-25(39-2)19-17-24/h4-10,12-21,26,28-31,37H,1,11H2,2-3H3,(H,34,36,38)/t26-,28-,29+,30-,31+/m0/s1. The van der Waals surface area contributed by atoms with Gasteiger partial charge in [-0.2, -0.15) is 0 Å². The molecular formula is C33H34N2O7. The normalized spacial score (nSPS) is 21.1. The van der Waals surface area contributed by atoms with E-state index in [1.54, 1.807) is 13.2 Å². The lowest BCUT2D eigenvalue weighted by molar-refractivity contribution is -0.143. The van der Waals surface area contributed by atoms with Gasteiger partial charge in [0, 0.05) is 19.4 Å². The molecule has 2 heterocycles. The number of hydrogen-bond donors (Lipinski definition) is 2. The molecule has 218 valence electrons. The van der Waals surface area contributed by atoms with Crippen LogP contribution in [-0.2, 0) is 19.8 Å². The summed E-state index contributed by atoms with van der Waals surface area (Å²) < 4.78 is 25.8. The average molecular weight is 571 g/mol.